The zero-order valence-corrected chi connectivity index (χ0v) is 15.3. The smallest absolute Gasteiger partial charge is 0.254 e. The molecule has 0 aliphatic carbocycles. The van der Waals surface area contributed by atoms with E-state index in [0.29, 0.717) is 33.5 Å². The van der Waals surface area contributed by atoms with Gasteiger partial charge in [0, 0.05) is 17.7 Å². The highest BCUT2D eigenvalue weighted by molar-refractivity contribution is 6.42. The molecule has 24 heavy (non-hydrogen) atoms. The highest BCUT2D eigenvalue weighted by atomic mass is 35.5. The van der Waals surface area contributed by atoms with E-state index in [9.17, 15) is 9.59 Å². The van der Waals surface area contributed by atoms with Gasteiger partial charge in [-0.05, 0) is 44.9 Å². The van der Waals surface area contributed by atoms with Crippen LogP contribution in [0.5, 0.6) is 0 Å². The largest absolute Gasteiger partial charge is 0.350 e. The lowest BCUT2D eigenvalue weighted by Crippen LogP contribution is -2.28. The van der Waals surface area contributed by atoms with Gasteiger partial charge in [-0.15, -0.1) is 0 Å². The second-order valence-corrected chi connectivity index (χ2v) is 6.49. The number of hydrogen-bond donors (Lipinski definition) is 2. The molecule has 1 aromatic heterocycles. The molecule has 0 fully saturated rings. The molecule has 0 unspecified atom stereocenters. The van der Waals surface area contributed by atoms with Crippen LogP contribution < -0.4 is 10.9 Å². The van der Waals surface area contributed by atoms with Gasteiger partial charge in [0.05, 0.1) is 16.1 Å². The van der Waals surface area contributed by atoms with Gasteiger partial charge < -0.3 is 10.3 Å². The van der Waals surface area contributed by atoms with E-state index in [1.807, 2.05) is 13.0 Å². The topological polar surface area (TPSA) is 74.8 Å². The number of halogens is 2. The summed E-state index contributed by atoms with van der Waals surface area (Å²) in [6, 6.07) is 5.04. The number of carbonyl (C=O) groups excluding carboxylic acids is 1. The van der Waals surface area contributed by atoms with Crippen LogP contribution in [0.2, 0.25) is 10.0 Å². The molecule has 2 rings (SSSR count). The maximum Gasteiger partial charge on any atom is 0.254 e. The summed E-state index contributed by atoms with van der Waals surface area (Å²) in [5.41, 5.74) is 1.87. The first-order chi connectivity index (χ1) is 11.3. The number of aryl methyl sites for hydroxylation is 2. The first-order valence-corrected chi connectivity index (χ1v) is 8.34. The van der Waals surface area contributed by atoms with Crippen LogP contribution in [0.25, 0.3) is 0 Å². The molecule has 128 valence electrons. The van der Waals surface area contributed by atoms with Crippen LogP contribution in [0.15, 0.2) is 23.0 Å². The average molecular weight is 368 g/mol. The van der Waals surface area contributed by atoms with E-state index in [4.69, 9.17) is 23.2 Å². The van der Waals surface area contributed by atoms with Crippen molar-refractivity contribution < 1.29 is 4.79 Å². The maximum absolute atomic E-state index is 12.1. The summed E-state index contributed by atoms with van der Waals surface area (Å²) in [6.45, 7) is 5.36. The van der Waals surface area contributed by atoms with E-state index in [2.05, 4.69) is 15.3 Å². The van der Waals surface area contributed by atoms with Gasteiger partial charge in [-0.2, -0.15) is 0 Å². The highest BCUT2D eigenvalue weighted by Crippen LogP contribution is 2.25. The monoisotopic (exact) mass is 367 g/mol. The molecule has 1 heterocycles. The minimum absolute atomic E-state index is 0.145. The molecule has 2 aromatic rings. The predicted octanol–water partition coefficient (Wildman–Crippen LogP) is 3.50. The molecule has 0 spiro atoms. The summed E-state index contributed by atoms with van der Waals surface area (Å²) >= 11 is 11.9. The van der Waals surface area contributed by atoms with E-state index in [1.54, 1.807) is 26.0 Å². The fourth-order valence-electron chi connectivity index (χ4n) is 2.46. The van der Waals surface area contributed by atoms with Crippen LogP contribution in [0.4, 0.5) is 0 Å². The SMILES string of the molecule is Cc1nc(C)c(CCC(=O)N[C@H](C)c2ccc(Cl)c(Cl)c2)c(=O)[nH]1. The molecule has 7 heteroatoms. The molecule has 1 atom stereocenters. The number of benzene rings is 1. The van der Waals surface area contributed by atoms with Crippen LogP contribution in [0, 0.1) is 13.8 Å². The molecule has 5 nitrogen and oxygen atoms in total. The van der Waals surface area contributed by atoms with Gasteiger partial charge in [0.1, 0.15) is 5.82 Å². The number of nitrogens with zero attached hydrogens (tertiary/aromatic N) is 1. The molecule has 0 saturated carbocycles. The summed E-state index contributed by atoms with van der Waals surface area (Å²) < 4.78 is 0. The Morgan fingerprint density at radius 1 is 1.29 bits per heavy atom. The number of amides is 1. The number of H-pyrrole nitrogens is 1. The predicted molar refractivity (Wildman–Crippen MR) is 95.7 cm³/mol. The van der Waals surface area contributed by atoms with Crippen molar-refractivity contribution in [2.75, 3.05) is 0 Å². The van der Waals surface area contributed by atoms with E-state index in [-0.39, 0.29) is 23.9 Å². The molecule has 0 aliphatic rings. The summed E-state index contributed by atoms with van der Waals surface area (Å²) in [5, 5.41) is 3.81. The van der Waals surface area contributed by atoms with Crippen LogP contribution in [0.1, 0.15) is 42.0 Å². The Kier molecular flexibility index (Phi) is 6.02. The van der Waals surface area contributed by atoms with Crippen molar-refractivity contribution in [3.8, 4) is 0 Å². The summed E-state index contributed by atoms with van der Waals surface area (Å²) in [6.07, 6.45) is 0.550. The summed E-state index contributed by atoms with van der Waals surface area (Å²) in [4.78, 5) is 31.0. The number of rotatable bonds is 5. The molecular weight excluding hydrogens is 349 g/mol. The first kappa shape index (κ1) is 18.5. The molecule has 2 N–H and O–H groups in total. The number of carbonyl (C=O) groups is 1. The highest BCUT2D eigenvalue weighted by Gasteiger charge is 2.13. The van der Waals surface area contributed by atoms with Crippen molar-refractivity contribution in [1.29, 1.82) is 0 Å². The van der Waals surface area contributed by atoms with Crippen LogP contribution >= 0.6 is 23.2 Å². The minimum atomic E-state index is -0.206. The van der Waals surface area contributed by atoms with Crippen LogP contribution in [0.3, 0.4) is 0 Å². The minimum Gasteiger partial charge on any atom is -0.350 e. The van der Waals surface area contributed by atoms with Crippen molar-refractivity contribution in [1.82, 2.24) is 15.3 Å². The Labute approximate surface area is 150 Å². The summed E-state index contributed by atoms with van der Waals surface area (Å²) in [5.74, 6) is 0.423. The lowest BCUT2D eigenvalue weighted by molar-refractivity contribution is -0.121. The zero-order chi connectivity index (χ0) is 17.9. The average Bonchev–Trinajstić information content (AvgIpc) is 2.48. The zero-order valence-electron chi connectivity index (χ0n) is 13.7. The Morgan fingerprint density at radius 3 is 2.62 bits per heavy atom. The Morgan fingerprint density at radius 2 is 2.00 bits per heavy atom. The molecule has 1 aromatic carbocycles. The van der Waals surface area contributed by atoms with Crippen molar-refractivity contribution in [2.45, 2.75) is 39.7 Å². The van der Waals surface area contributed by atoms with Gasteiger partial charge in [-0.3, -0.25) is 9.59 Å². The van der Waals surface area contributed by atoms with Crippen molar-refractivity contribution >= 4 is 29.1 Å². The molecule has 0 bridgehead atoms. The fourth-order valence-corrected chi connectivity index (χ4v) is 2.77. The summed E-state index contributed by atoms with van der Waals surface area (Å²) in [7, 11) is 0. The lowest BCUT2D eigenvalue weighted by Gasteiger charge is -2.15. The van der Waals surface area contributed by atoms with Crippen molar-refractivity contribution in [3.05, 3.63) is 61.2 Å². The molecular formula is C17H19Cl2N3O2. The third-order valence-electron chi connectivity index (χ3n) is 3.76. The Bertz CT molecular complexity index is 818. The van der Waals surface area contributed by atoms with Crippen LogP contribution in [-0.2, 0) is 11.2 Å². The van der Waals surface area contributed by atoms with Gasteiger partial charge in [0.25, 0.3) is 5.56 Å². The second-order valence-electron chi connectivity index (χ2n) is 5.68. The van der Waals surface area contributed by atoms with E-state index < -0.39 is 0 Å². The second kappa shape index (κ2) is 7.81. The van der Waals surface area contributed by atoms with E-state index >= 15 is 0 Å². The number of nitrogens with one attached hydrogen (secondary N) is 2. The van der Waals surface area contributed by atoms with Gasteiger partial charge in [0.2, 0.25) is 5.91 Å². The normalized spacial score (nSPS) is 12.0. The quantitative estimate of drug-likeness (QED) is 0.848. The third-order valence-corrected chi connectivity index (χ3v) is 4.50. The van der Waals surface area contributed by atoms with Gasteiger partial charge in [-0.25, -0.2) is 4.98 Å². The standard InChI is InChI=1S/C17H19Cl2N3O2/c1-9(12-4-6-14(18)15(19)8-12)21-16(23)7-5-13-10(2)20-11(3)22-17(13)24/h4,6,8-9H,5,7H2,1-3H3,(H,21,23)(H,20,22,24)/t9-/m1/s1. The fraction of sp³-hybridized carbons (Fsp3) is 0.353. The molecule has 0 aliphatic heterocycles. The van der Waals surface area contributed by atoms with Gasteiger partial charge in [-0.1, -0.05) is 29.3 Å². The molecule has 0 saturated heterocycles. The van der Waals surface area contributed by atoms with Crippen molar-refractivity contribution in [3.63, 3.8) is 0 Å². The van der Waals surface area contributed by atoms with Crippen LogP contribution in [-0.4, -0.2) is 15.9 Å². The lowest BCUT2D eigenvalue weighted by atomic mass is 10.1. The Hall–Kier alpha value is -1.85. The first-order valence-electron chi connectivity index (χ1n) is 7.58. The Balaban J connectivity index is 1.98. The van der Waals surface area contributed by atoms with E-state index in [1.165, 1.54) is 0 Å². The maximum atomic E-state index is 12.1. The van der Waals surface area contributed by atoms with Gasteiger partial charge >= 0.3 is 0 Å². The number of aromatic amines is 1. The molecule has 0 radical (unpaired) electrons. The van der Waals surface area contributed by atoms with Gasteiger partial charge in [0.15, 0.2) is 0 Å². The van der Waals surface area contributed by atoms with E-state index in [0.717, 1.165) is 5.56 Å². The molecule has 1 amide bonds. The number of hydrogen-bond acceptors (Lipinski definition) is 3. The number of aromatic nitrogens is 2. The third kappa shape index (κ3) is 4.58. The van der Waals surface area contributed by atoms with Crippen molar-refractivity contribution in [2.24, 2.45) is 0 Å².